The second-order valence-corrected chi connectivity index (χ2v) is 11.3. The number of aryl methyl sites for hydroxylation is 1. The number of rotatable bonds is 8. The molecule has 1 N–H and O–H groups in total. The number of methoxy groups -OCH3 is 2. The second-order valence-electron chi connectivity index (χ2n) is 10.3. The molecule has 2 fully saturated rings. The maximum Gasteiger partial charge on any atom is 0.197 e. The number of likely N-dealkylation sites (tertiary alicyclic amines) is 1. The minimum absolute atomic E-state index is 0.249. The zero-order valence-electron chi connectivity index (χ0n) is 21.4. The number of fused-ring (bicyclic) bond motifs is 1. The summed E-state index contributed by atoms with van der Waals surface area (Å²) in [6, 6.07) is 1.97. The molecule has 2 aliphatic rings. The molecule has 0 unspecified atom stereocenters. The minimum atomic E-state index is 0.249. The van der Waals surface area contributed by atoms with Crippen LogP contribution in [-0.2, 0) is 4.74 Å². The number of anilines is 1. The van der Waals surface area contributed by atoms with Crippen molar-refractivity contribution in [1.29, 1.82) is 0 Å². The predicted octanol–water partition coefficient (Wildman–Crippen LogP) is 3.45. The van der Waals surface area contributed by atoms with Crippen LogP contribution in [-0.4, -0.2) is 88.2 Å². The number of aromatic nitrogens is 6. The minimum Gasteiger partial charge on any atom is -0.493 e. The highest BCUT2D eigenvalue weighted by molar-refractivity contribution is 7.19. The van der Waals surface area contributed by atoms with Crippen molar-refractivity contribution in [3.63, 3.8) is 0 Å². The third kappa shape index (κ3) is 3.77. The first-order valence-electron chi connectivity index (χ1n) is 12.3. The Kier molecular flexibility index (Phi) is 5.73. The molecule has 2 saturated heterocycles. The van der Waals surface area contributed by atoms with E-state index in [0.717, 1.165) is 59.5 Å². The van der Waals surface area contributed by atoms with Gasteiger partial charge < -0.3 is 14.4 Å². The van der Waals surface area contributed by atoms with E-state index in [-0.39, 0.29) is 5.92 Å². The van der Waals surface area contributed by atoms with Crippen molar-refractivity contribution in [3.8, 4) is 27.7 Å². The van der Waals surface area contributed by atoms with E-state index in [1.807, 2.05) is 12.3 Å². The topological polar surface area (TPSA) is 96.7 Å². The van der Waals surface area contributed by atoms with Crippen molar-refractivity contribution in [2.75, 3.05) is 58.5 Å². The molecule has 11 heteroatoms. The maximum atomic E-state index is 5.57. The van der Waals surface area contributed by atoms with Crippen LogP contribution in [0.2, 0.25) is 0 Å². The zero-order valence-corrected chi connectivity index (χ0v) is 22.2. The smallest absolute Gasteiger partial charge is 0.197 e. The normalized spacial score (nSPS) is 17.2. The van der Waals surface area contributed by atoms with Gasteiger partial charge in [0.1, 0.15) is 16.3 Å². The Morgan fingerprint density at radius 1 is 1.19 bits per heavy atom. The molecule has 0 radical (unpaired) electrons. The molecule has 0 amide bonds. The fourth-order valence-electron chi connectivity index (χ4n) is 5.65. The Labute approximate surface area is 214 Å². The first kappa shape index (κ1) is 23.4. The number of nitrogens with one attached hydrogen (secondary N) is 1. The van der Waals surface area contributed by atoms with Crippen LogP contribution in [0.1, 0.15) is 31.0 Å². The molecule has 6 heterocycles. The summed E-state index contributed by atoms with van der Waals surface area (Å²) in [4.78, 5) is 14.2. The number of H-pyrrole nitrogens is 1. The van der Waals surface area contributed by atoms with Crippen LogP contribution in [0.4, 0.5) is 5.00 Å². The number of hydrogen-bond acceptors (Lipinski definition) is 9. The lowest BCUT2D eigenvalue weighted by Gasteiger charge is -2.60. The van der Waals surface area contributed by atoms with Gasteiger partial charge in [-0.3, -0.25) is 10.00 Å². The number of pyridine rings is 1. The van der Waals surface area contributed by atoms with Gasteiger partial charge in [-0.15, -0.1) is 0 Å². The van der Waals surface area contributed by atoms with E-state index in [2.05, 4.69) is 45.8 Å². The van der Waals surface area contributed by atoms with Gasteiger partial charge in [-0.25, -0.2) is 14.5 Å². The van der Waals surface area contributed by atoms with E-state index < -0.39 is 0 Å². The second kappa shape index (κ2) is 8.82. The molecule has 2 aliphatic heterocycles. The van der Waals surface area contributed by atoms with Gasteiger partial charge in [0.05, 0.1) is 30.8 Å². The van der Waals surface area contributed by atoms with Crippen LogP contribution in [0.3, 0.4) is 0 Å². The van der Waals surface area contributed by atoms with E-state index >= 15 is 0 Å². The molecule has 190 valence electrons. The molecule has 0 saturated carbocycles. The lowest BCUT2D eigenvalue weighted by Crippen LogP contribution is -2.72. The SMILES string of the molecule is COCCN1CC2(C1)CN(c1sc(-c3[nH]nc(-c4cc(OC)c5ncnn5c4)c3C(C)C)nc1C)C2. The predicted molar refractivity (Wildman–Crippen MR) is 140 cm³/mol. The summed E-state index contributed by atoms with van der Waals surface area (Å²) in [7, 11) is 3.41. The highest BCUT2D eigenvalue weighted by Crippen LogP contribution is 2.46. The molecule has 36 heavy (non-hydrogen) atoms. The van der Waals surface area contributed by atoms with Crippen LogP contribution in [0.25, 0.3) is 27.6 Å². The van der Waals surface area contributed by atoms with Gasteiger partial charge in [0.2, 0.25) is 0 Å². The van der Waals surface area contributed by atoms with E-state index in [1.54, 1.807) is 30.1 Å². The summed E-state index contributed by atoms with van der Waals surface area (Å²) in [5, 5.41) is 14.6. The average molecular weight is 509 g/mol. The van der Waals surface area contributed by atoms with E-state index in [9.17, 15) is 0 Å². The molecule has 0 aliphatic carbocycles. The first-order valence-corrected chi connectivity index (χ1v) is 13.1. The molecule has 0 bridgehead atoms. The van der Waals surface area contributed by atoms with Crippen molar-refractivity contribution < 1.29 is 9.47 Å². The number of nitrogens with zero attached hydrogens (tertiary/aromatic N) is 7. The largest absolute Gasteiger partial charge is 0.493 e. The van der Waals surface area contributed by atoms with Crippen LogP contribution in [0.15, 0.2) is 18.6 Å². The van der Waals surface area contributed by atoms with Crippen molar-refractivity contribution >= 4 is 22.0 Å². The Hall–Kier alpha value is -3.02. The molecule has 1 spiro atoms. The molecular weight excluding hydrogens is 476 g/mol. The molecule has 10 nitrogen and oxygen atoms in total. The first-order chi connectivity index (χ1) is 17.4. The summed E-state index contributed by atoms with van der Waals surface area (Å²) in [5.74, 6) is 0.916. The highest BCUT2D eigenvalue weighted by atomic mass is 32.1. The van der Waals surface area contributed by atoms with Crippen molar-refractivity contribution in [1.82, 2.24) is 34.7 Å². The van der Waals surface area contributed by atoms with Crippen molar-refractivity contribution in [2.24, 2.45) is 5.41 Å². The summed E-state index contributed by atoms with van der Waals surface area (Å²) in [6.07, 6.45) is 3.48. The van der Waals surface area contributed by atoms with Crippen LogP contribution < -0.4 is 9.64 Å². The highest BCUT2D eigenvalue weighted by Gasteiger charge is 2.52. The van der Waals surface area contributed by atoms with E-state index in [1.165, 1.54) is 24.4 Å². The van der Waals surface area contributed by atoms with Crippen molar-refractivity contribution in [3.05, 3.63) is 29.8 Å². The number of aromatic amines is 1. The Balaban J connectivity index is 1.27. The summed E-state index contributed by atoms with van der Waals surface area (Å²) in [5.41, 5.74) is 6.15. The summed E-state index contributed by atoms with van der Waals surface area (Å²) in [6.45, 7) is 12.9. The summed E-state index contributed by atoms with van der Waals surface area (Å²) >= 11 is 1.76. The summed E-state index contributed by atoms with van der Waals surface area (Å²) < 4.78 is 12.5. The van der Waals surface area contributed by atoms with Gasteiger partial charge >= 0.3 is 0 Å². The molecule has 0 aromatic carbocycles. The lowest BCUT2D eigenvalue weighted by atomic mass is 9.73. The van der Waals surface area contributed by atoms with Crippen molar-refractivity contribution in [2.45, 2.75) is 26.7 Å². The van der Waals surface area contributed by atoms with Gasteiger partial charge in [-0.2, -0.15) is 10.2 Å². The Bertz CT molecular complexity index is 1390. The Morgan fingerprint density at radius 3 is 2.72 bits per heavy atom. The number of hydrogen-bond donors (Lipinski definition) is 1. The third-order valence-corrected chi connectivity index (χ3v) is 8.51. The molecule has 4 aromatic rings. The monoisotopic (exact) mass is 508 g/mol. The molecule has 4 aromatic heterocycles. The number of ether oxygens (including phenoxy) is 2. The third-order valence-electron chi connectivity index (χ3n) is 7.27. The quantitative estimate of drug-likeness (QED) is 0.387. The van der Waals surface area contributed by atoms with E-state index in [4.69, 9.17) is 19.6 Å². The lowest BCUT2D eigenvalue weighted by molar-refractivity contribution is -0.0325. The Morgan fingerprint density at radius 2 is 2.00 bits per heavy atom. The molecule has 6 rings (SSSR count). The van der Waals surface area contributed by atoms with Gasteiger partial charge in [0.15, 0.2) is 11.4 Å². The fraction of sp³-hybridized carbons (Fsp3) is 0.520. The molecular formula is C25H32N8O2S. The van der Waals surface area contributed by atoms with Gasteiger partial charge in [-0.05, 0) is 18.9 Å². The van der Waals surface area contributed by atoms with Crippen LogP contribution in [0.5, 0.6) is 5.75 Å². The molecule has 0 atom stereocenters. The maximum absolute atomic E-state index is 5.57. The number of thiazole rings is 1. The standard InChI is InChI=1S/C25H32N8O2S/c1-15(2)19-20(17-8-18(35-5)22-26-14-27-33(22)9-17)29-30-21(19)23-28-16(3)24(36-23)32-12-25(13-32)10-31(11-25)6-7-34-4/h8-9,14-15H,6-7,10-13H2,1-5H3,(H,29,30). The van der Waals surface area contributed by atoms with E-state index in [0.29, 0.717) is 16.8 Å². The van der Waals surface area contributed by atoms with Crippen LogP contribution in [0, 0.1) is 12.3 Å². The van der Waals surface area contributed by atoms with Gasteiger partial charge in [-0.1, -0.05) is 25.2 Å². The van der Waals surface area contributed by atoms with Crippen LogP contribution >= 0.6 is 11.3 Å². The van der Waals surface area contributed by atoms with Gasteiger partial charge in [0.25, 0.3) is 0 Å². The zero-order chi connectivity index (χ0) is 25.0. The average Bonchev–Trinajstić information content (AvgIpc) is 3.54. The van der Waals surface area contributed by atoms with Gasteiger partial charge in [0, 0.05) is 62.6 Å². The fourth-order valence-corrected chi connectivity index (χ4v) is 6.72.